The first-order chi connectivity index (χ1) is 9.58. The van der Waals surface area contributed by atoms with Gasteiger partial charge in [-0.25, -0.2) is 0 Å². The van der Waals surface area contributed by atoms with Crippen LogP contribution in [0.2, 0.25) is 0 Å². The maximum absolute atomic E-state index is 6.15. The summed E-state index contributed by atoms with van der Waals surface area (Å²) >= 11 is 1.81. The van der Waals surface area contributed by atoms with Crippen LogP contribution in [0.5, 0.6) is 0 Å². The lowest BCUT2D eigenvalue weighted by Gasteiger charge is -2.20. The highest BCUT2D eigenvalue weighted by atomic mass is 32.2. The number of nitrogens with two attached hydrogens (primary N) is 1. The van der Waals surface area contributed by atoms with Crippen LogP contribution in [0.15, 0.2) is 53.7 Å². The summed E-state index contributed by atoms with van der Waals surface area (Å²) < 4.78 is 0. The highest BCUT2D eigenvalue weighted by Gasteiger charge is 2.17. The van der Waals surface area contributed by atoms with Gasteiger partial charge in [0, 0.05) is 23.3 Å². The number of benzene rings is 1. The molecule has 0 spiro atoms. The summed E-state index contributed by atoms with van der Waals surface area (Å²) in [5, 5.41) is 0.230. The molecule has 2 rings (SSSR count). The number of hydrogen-bond acceptors (Lipinski definition) is 3. The van der Waals surface area contributed by atoms with E-state index >= 15 is 0 Å². The summed E-state index contributed by atoms with van der Waals surface area (Å²) in [6, 6.07) is 12.9. The first-order valence-corrected chi connectivity index (χ1v) is 7.88. The summed E-state index contributed by atoms with van der Waals surface area (Å²) in [6.07, 6.45) is 3.70. The van der Waals surface area contributed by atoms with E-state index in [4.69, 9.17) is 5.73 Å². The Labute approximate surface area is 125 Å². The van der Waals surface area contributed by atoms with Gasteiger partial charge in [-0.1, -0.05) is 32.0 Å². The molecule has 1 aromatic heterocycles. The number of thioether (sulfide) groups is 1. The number of pyridine rings is 1. The Bertz CT molecular complexity index is 520. The van der Waals surface area contributed by atoms with Crippen LogP contribution in [-0.4, -0.2) is 11.0 Å². The molecule has 1 heterocycles. The van der Waals surface area contributed by atoms with Gasteiger partial charge < -0.3 is 5.73 Å². The molecule has 0 bridgehead atoms. The standard InChI is InChI=1S/C17H22N2S/c1-12(2)14-6-8-16(9-7-14)20-17(13(3)18)15-5-4-10-19-11-15/h4-13,17H,18H2,1-3H3. The van der Waals surface area contributed by atoms with Crippen LogP contribution in [0.1, 0.15) is 43.1 Å². The van der Waals surface area contributed by atoms with Crippen LogP contribution in [0.25, 0.3) is 0 Å². The van der Waals surface area contributed by atoms with Gasteiger partial charge in [-0.3, -0.25) is 4.98 Å². The van der Waals surface area contributed by atoms with Crippen LogP contribution in [0.4, 0.5) is 0 Å². The van der Waals surface area contributed by atoms with Crippen LogP contribution in [0.3, 0.4) is 0 Å². The van der Waals surface area contributed by atoms with Crippen molar-refractivity contribution in [2.75, 3.05) is 0 Å². The topological polar surface area (TPSA) is 38.9 Å². The van der Waals surface area contributed by atoms with Gasteiger partial charge in [0.1, 0.15) is 0 Å². The Kier molecular flexibility index (Phi) is 5.21. The Morgan fingerprint density at radius 2 is 1.70 bits per heavy atom. The van der Waals surface area contributed by atoms with Crippen molar-refractivity contribution >= 4 is 11.8 Å². The van der Waals surface area contributed by atoms with Gasteiger partial charge in [-0.15, -0.1) is 11.8 Å². The highest BCUT2D eigenvalue weighted by Crippen LogP contribution is 2.37. The van der Waals surface area contributed by atoms with Gasteiger partial charge >= 0.3 is 0 Å². The Morgan fingerprint density at radius 3 is 2.20 bits per heavy atom. The molecule has 106 valence electrons. The van der Waals surface area contributed by atoms with Gasteiger partial charge in [0.25, 0.3) is 0 Å². The second-order valence-electron chi connectivity index (χ2n) is 5.41. The molecule has 0 aliphatic rings. The van der Waals surface area contributed by atoms with E-state index in [2.05, 4.69) is 49.2 Å². The van der Waals surface area contributed by atoms with Gasteiger partial charge in [0.2, 0.25) is 0 Å². The third kappa shape index (κ3) is 3.84. The molecule has 0 saturated heterocycles. The molecule has 1 aromatic carbocycles. The van der Waals surface area contributed by atoms with E-state index in [9.17, 15) is 0 Å². The van der Waals surface area contributed by atoms with E-state index in [0.29, 0.717) is 5.92 Å². The number of nitrogens with zero attached hydrogens (tertiary/aromatic N) is 1. The molecular weight excluding hydrogens is 264 g/mol. The van der Waals surface area contributed by atoms with Gasteiger partial charge in [-0.05, 0) is 42.2 Å². The van der Waals surface area contributed by atoms with E-state index in [1.165, 1.54) is 16.0 Å². The van der Waals surface area contributed by atoms with Crippen LogP contribution in [-0.2, 0) is 0 Å². The Hall–Kier alpha value is -1.32. The van der Waals surface area contributed by atoms with Crippen molar-refractivity contribution in [3.63, 3.8) is 0 Å². The molecule has 0 aliphatic carbocycles. The zero-order valence-corrected chi connectivity index (χ0v) is 13.1. The summed E-state index contributed by atoms with van der Waals surface area (Å²) in [5.41, 5.74) is 8.70. The predicted molar refractivity (Wildman–Crippen MR) is 87.0 cm³/mol. The molecule has 20 heavy (non-hydrogen) atoms. The van der Waals surface area contributed by atoms with Crippen molar-refractivity contribution in [3.05, 3.63) is 59.9 Å². The molecule has 2 unspecified atom stereocenters. The average molecular weight is 286 g/mol. The van der Waals surface area contributed by atoms with E-state index in [1.807, 2.05) is 19.2 Å². The lowest BCUT2D eigenvalue weighted by atomic mass is 10.0. The van der Waals surface area contributed by atoms with Crippen LogP contribution in [0, 0.1) is 0 Å². The summed E-state index contributed by atoms with van der Waals surface area (Å²) in [4.78, 5) is 5.45. The molecule has 2 nitrogen and oxygen atoms in total. The second kappa shape index (κ2) is 6.91. The first kappa shape index (κ1) is 15.1. The Morgan fingerprint density at radius 1 is 1.00 bits per heavy atom. The van der Waals surface area contributed by atoms with E-state index in [-0.39, 0.29) is 11.3 Å². The molecule has 0 fully saturated rings. The molecule has 0 amide bonds. The van der Waals surface area contributed by atoms with Crippen molar-refractivity contribution in [1.82, 2.24) is 4.98 Å². The maximum atomic E-state index is 6.15. The normalized spacial score (nSPS) is 14.2. The fourth-order valence-corrected chi connectivity index (χ4v) is 3.18. The molecular formula is C17H22N2S. The molecule has 2 atom stereocenters. The van der Waals surface area contributed by atoms with E-state index in [1.54, 1.807) is 18.0 Å². The minimum Gasteiger partial charge on any atom is -0.327 e. The van der Waals surface area contributed by atoms with Crippen molar-refractivity contribution in [2.45, 2.75) is 42.9 Å². The zero-order chi connectivity index (χ0) is 14.5. The summed E-state index contributed by atoms with van der Waals surface area (Å²) in [7, 11) is 0. The zero-order valence-electron chi connectivity index (χ0n) is 12.3. The maximum Gasteiger partial charge on any atom is 0.0508 e. The molecule has 0 radical (unpaired) electrons. The van der Waals surface area contributed by atoms with E-state index < -0.39 is 0 Å². The van der Waals surface area contributed by atoms with Gasteiger partial charge in [0.05, 0.1) is 5.25 Å². The third-order valence-corrected chi connectivity index (χ3v) is 4.80. The molecule has 0 aliphatic heterocycles. The van der Waals surface area contributed by atoms with Crippen LogP contribution < -0.4 is 5.73 Å². The minimum absolute atomic E-state index is 0.0778. The quantitative estimate of drug-likeness (QED) is 0.829. The molecule has 2 N–H and O–H groups in total. The average Bonchev–Trinajstić information content (AvgIpc) is 2.46. The van der Waals surface area contributed by atoms with Crippen molar-refractivity contribution in [1.29, 1.82) is 0 Å². The largest absolute Gasteiger partial charge is 0.327 e. The van der Waals surface area contributed by atoms with Gasteiger partial charge in [0.15, 0.2) is 0 Å². The fraction of sp³-hybridized carbons (Fsp3) is 0.353. The van der Waals surface area contributed by atoms with E-state index in [0.717, 1.165) is 0 Å². The highest BCUT2D eigenvalue weighted by molar-refractivity contribution is 7.99. The lowest BCUT2D eigenvalue weighted by Crippen LogP contribution is -2.22. The fourth-order valence-electron chi connectivity index (χ4n) is 2.10. The number of rotatable bonds is 5. The number of aromatic nitrogens is 1. The Balaban J connectivity index is 2.17. The smallest absolute Gasteiger partial charge is 0.0508 e. The van der Waals surface area contributed by atoms with Crippen molar-refractivity contribution in [3.8, 4) is 0 Å². The second-order valence-corrected chi connectivity index (χ2v) is 6.62. The number of hydrogen-bond donors (Lipinski definition) is 1. The molecule has 3 heteroatoms. The predicted octanol–water partition coefficient (Wildman–Crippen LogP) is 4.39. The molecule has 2 aromatic rings. The summed E-state index contributed by atoms with van der Waals surface area (Å²) in [6.45, 7) is 6.47. The minimum atomic E-state index is 0.0778. The third-order valence-electron chi connectivity index (χ3n) is 3.30. The first-order valence-electron chi connectivity index (χ1n) is 7.00. The van der Waals surface area contributed by atoms with Crippen LogP contribution >= 0.6 is 11.8 Å². The van der Waals surface area contributed by atoms with Crippen molar-refractivity contribution < 1.29 is 0 Å². The summed E-state index contributed by atoms with van der Waals surface area (Å²) in [5.74, 6) is 0.566. The molecule has 0 saturated carbocycles. The van der Waals surface area contributed by atoms with Crippen molar-refractivity contribution in [2.24, 2.45) is 5.73 Å². The SMILES string of the molecule is CC(C)c1ccc(SC(c2cccnc2)C(C)N)cc1. The lowest BCUT2D eigenvalue weighted by molar-refractivity contribution is 0.719. The van der Waals surface area contributed by atoms with Gasteiger partial charge in [-0.2, -0.15) is 0 Å². The monoisotopic (exact) mass is 286 g/mol.